The van der Waals surface area contributed by atoms with Gasteiger partial charge in [-0.25, -0.2) is 0 Å². The lowest BCUT2D eigenvalue weighted by Gasteiger charge is -2.15. The van der Waals surface area contributed by atoms with E-state index in [1.165, 1.54) is 0 Å². The van der Waals surface area contributed by atoms with Crippen LogP contribution in [-0.4, -0.2) is 10.6 Å². The van der Waals surface area contributed by atoms with Crippen molar-refractivity contribution in [3.8, 4) is 5.75 Å². The highest BCUT2D eigenvalue weighted by molar-refractivity contribution is 9.10. The van der Waals surface area contributed by atoms with E-state index >= 15 is 0 Å². The van der Waals surface area contributed by atoms with Crippen LogP contribution in [0, 0.1) is 13.8 Å². The molecule has 2 rings (SSSR count). The quantitative estimate of drug-likeness (QED) is 0.868. The Labute approximate surface area is 98.6 Å². The molecule has 3 heteroatoms. The van der Waals surface area contributed by atoms with Gasteiger partial charge in [-0.1, -0.05) is 6.07 Å². The number of hydrogen-bond donors (Lipinski definition) is 2. The third kappa shape index (κ3) is 2.04. The maximum Gasteiger partial charge on any atom is 0.133 e. The van der Waals surface area contributed by atoms with Gasteiger partial charge < -0.3 is 10.8 Å². The average Bonchev–Trinajstić information content (AvgIpc) is 2.89. The van der Waals surface area contributed by atoms with Crippen LogP contribution in [0.4, 0.5) is 0 Å². The standard InChI is InChI=1S/C12H16BrNO/c1-7-5-8(2)10(13)11(15)9(7)6-12(14)3-4-12/h5,15H,3-4,6,14H2,1-2H3. The summed E-state index contributed by atoms with van der Waals surface area (Å²) in [5, 5.41) is 10.0. The van der Waals surface area contributed by atoms with E-state index < -0.39 is 0 Å². The Balaban J connectivity index is 2.41. The fourth-order valence-electron chi connectivity index (χ4n) is 1.89. The van der Waals surface area contributed by atoms with E-state index in [2.05, 4.69) is 22.0 Å². The van der Waals surface area contributed by atoms with Crippen molar-refractivity contribution in [3.63, 3.8) is 0 Å². The Bertz CT molecular complexity index is 411. The summed E-state index contributed by atoms with van der Waals surface area (Å²) in [6, 6.07) is 2.09. The normalized spacial score (nSPS) is 17.9. The number of aryl methyl sites for hydroxylation is 2. The van der Waals surface area contributed by atoms with Crippen LogP contribution in [0.1, 0.15) is 29.5 Å². The van der Waals surface area contributed by atoms with Crippen LogP contribution in [-0.2, 0) is 6.42 Å². The van der Waals surface area contributed by atoms with Gasteiger partial charge in [-0.05, 0) is 65.7 Å². The second kappa shape index (κ2) is 3.49. The molecule has 0 aromatic heterocycles. The molecule has 2 nitrogen and oxygen atoms in total. The molecule has 0 heterocycles. The molecular formula is C12H16BrNO. The van der Waals surface area contributed by atoms with E-state index in [0.29, 0.717) is 5.75 Å². The second-order valence-electron chi connectivity index (χ2n) is 4.69. The number of phenols is 1. The summed E-state index contributed by atoms with van der Waals surface area (Å²) >= 11 is 3.40. The minimum Gasteiger partial charge on any atom is -0.506 e. The van der Waals surface area contributed by atoms with Gasteiger partial charge in [-0.2, -0.15) is 0 Å². The summed E-state index contributed by atoms with van der Waals surface area (Å²) in [4.78, 5) is 0. The van der Waals surface area contributed by atoms with Crippen molar-refractivity contribution in [3.05, 3.63) is 27.2 Å². The van der Waals surface area contributed by atoms with E-state index in [0.717, 1.165) is 40.4 Å². The highest BCUT2D eigenvalue weighted by atomic mass is 79.9. The largest absolute Gasteiger partial charge is 0.506 e. The summed E-state index contributed by atoms with van der Waals surface area (Å²) in [5.74, 6) is 0.365. The Morgan fingerprint density at radius 3 is 2.53 bits per heavy atom. The second-order valence-corrected chi connectivity index (χ2v) is 5.48. The van der Waals surface area contributed by atoms with E-state index in [9.17, 15) is 5.11 Å². The first-order chi connectivity index (χ1) is 6.93. The van der Waals surface area contributed by atoms with Gasteiger partial charge in [0.05, 0.1) is 4.47 Å². The molecule has 1 aromatic rings. The van der Waals surface area contributed by atoms with E-state index in [4.69, 9.17) is 5.73 Å². The van der Waals surface area contributed by atoms with Crippen LogP contribution in [0.5, 0.6) is 5.75 Å². The summed E-state index contributed by atoms with van der Waals surface area (Å²) in [6.45, 7) is 4.01. The molecule has 1 saturated carbocycles. The zero-order chi connectivity index (χ0) is 11.2. The predicted molar refractivity (Wildman–Crippen MR) is 65.1 cm³/mol. The first-order valence-electron chi connectivity index (χ1n) is 5.19. The lowest BCUT2D eigenvalue weighted by Crippen LogP contribution is -2.25. The lowest BCUT2D eigenvalue weighted by atomic mass is 9.97. The highest BCUT2D eigenvalue weighted by Crippen LogP contribution is 2.41. The SMILES string of the molecule is Cc1cc(C)c(CC2(N)CC2)c(O)c1Br. The van der Waals surface area contributed by atoms with Gasteiger partial charge in [0.1, 0.15) is 5.75 Å². The van der Waals surface area contributed by atoms with E-state index in [-0.39, 0.29) is 5.54 Å². The van der Waals surface area contributed by atoms with E-state index in [1.807, 2.05) is 13.8 Å². The number of aromatic hydroxyl groups is 1. The van der Waals surface area contributed by atoms with Gasteiger partial charge in [0.25, 0.3) is 0 Å². The fraction of sp³-hybridized carbons (Fsp3) is 0.500. The Kier molecular flexibility index (Phi) is 2.55. The molecule has 0 amide bonds. The fourth-order valence-corrected chi connectivity index (χ4v) is 2.25. The molecule has 1 fully saturated rings. The Morgan fingerprint density at radius 2 is 2.00 bits per heavy atom. The number of halogens is 1. The summed E-state index contributed by atoms with van der Waals surface area (Å²) in [5.41, 5.74) is 9.21. The van der Waals surface area contributed by atoms with Crippen molar-refractivity contribution in [2.24, 2.45) is 5.73 Å². The molecule has 1 aliphatic rings. The lowest BCUT2D eigenvalue weighted by molar-refractivity contribution is 0.459. The molecule has 1 aromatic carbocycles. The van der Waals surface area contributed by atoms with Crippen LogP contribution in [0.15, 0.2) is 10.5 Å². The minimum absolute atomic E-state index is 0.0586. The Morgan fingerprint density at radius 1 is 1.40 bits per heavy atom. The van der Waals surface area contributed by atoms with Crippen LogP contribution < -0.4 is 5.73 Å². The first-order valence-corrected chi connectivity index (χ1v) is 5.99. The molecule has 0 bridgehead atoms. The molecule has 1 aliphatic carbocycles. The number of phenolic OH excluding ortho intramolecular Hbond substituents is 1. The maximum absolute atomic E-state index is 10.0. The number of hydrogen-bond acceptors (Lipinski definition) is 2. The molecule has 0 unspecified atom stereocenters. The van der Waals surface area contributed by atoms with Crippen molar-refractivity contribution in [2.45, 2.75) is 38.6 Å². The van der Waals surface area contributed by atoms with Crippen molar-refractivity contribution in [1.82, 2.24) is 0 Å². The van der Waals surface area contributed by atoms with Crippen molar-refractivity contribution >= 4 is 15.9 Å². The summed E-state index contributed by atoms with van der Waals surface area (Å²) in [6.07, 6.45) is 2.91. The topological polar surface area (TPSA) is 46.2 Å². The molecule has 0 aliphatic heterocycles. The third-order valence-corrected chi connectivity index (χ3v) is 4.17. The van der Waals surface area contributed by atoms with Gasteiger partial charge in [0.2, 0.25) is 0 Å². The van der Waals surface area contributed by atoms with Gasteiger partial charge in [0.15, 0.2) is 0 Å². The minimum atomic E-state index is -0.0586. The van der Waals surface area contributed by atoms with Crippen molar-refractivity contribution in [2.75, 3.05) is 0 Å². The molecule has 0 spiro atoms. The molecule has 3 N–H and O–H groups in total. The number of nitrogens with two attached hydrogens (primary N) is 1. The maximum atomic E-state index is 10.0. The number of rotatable bonds is 2. The van der Waals surface area contributed by atoms with Crippen molar-refractivity contribution in [1.29, 1.82) is 0 Å². The smallest absolute Gasteiger partial charge is 0.133 e. The van der Waals surface area contributed by atoms with Crippen molar-refractivity contribution < 1.29 is 5.11 Å². The van der Waals surface area contributed by atoms with Crippen LogP contribution in [0.2, 0.25) is 0 Å². The summed E-state index contributed by atoms with van der Waals surface area (Å²) < 4.78 is 0.798. The first kappa shape index (κ1) is 11.0. The molecular weight excluding hydrogens is 254 g/mol. The van der Waals surface area contributed by atoms with Gasteiger partial charge in [-0.3, -0.25) is 0 Å². The highest BCUT2D eigenvalue weighted by Gasteiger charge is 2.39. The average molecular weight is 270 g/mol. The van der Waals surface area contributed by atoms with E-state index in [1.54, 1.807) is 0 Å². The zero-order valence-electron chi connectivity index (χ0n) is 9.10. The zero-order valence-corrected chi connectivity index (χ0v) is 10.7. The molecule has 0 saturated heterocycles. The van der Waals surface area contributed by atoms with Crippen LogP contribution in [0.25, 0.3) is 0 Å². The number of benzene rings is 1. The van der Waals surface area contributed by atoms with Gasteiger partial charge in [0, 0.05) is 5.54 Å². The third-order valence-electron chi connectivity index (χ3n) is 3.17. The molecule has 15 heavy (non-hydrogen) atoms. The Hall–Kier alpha value is -0.540. The monoisotopic (exact) mass is 269 g/mol. The van der Waals surface area contributed by atoms with Gasteiger partial charge >= 0.3 is 0 Å². The van der Waals surface area contributed by atoms with Crippen LogP contribution in [0.3, 0.4) is 0 Å². The summed E-state index contributed by atoms with van der Waals surface area (Å²) in [7, 11) is 0. The molecule has 82 valence electrons. The molecule has 0 atom stereocenters. The van der Waals surface area contributed by atoms with Gasteiger partial charge in [-0.15, -0.1) is 0 Å². The predicted octanol–water partition coefficient (Wildman–Crippen LogP) is 2.81. The molecule has 0 radical (unpaired) electrons. The van der Waals surface area contributed by atoms with Crippen LogP contribution >= 0.6 is 15.9 Å².